The van der Waals surface area contributed by atoms with Crippen LogP contribution in [0.25, 0.3) is 0 Å². The van der Waals surface area contributed by atoms with Crippen LogP contribution in [-0.4, -0.2) is 20.8 Å². The molecule has 0 fully saturated rings. The van der Waals surface area contributed by atoms with Crippen molar-refractivity contribution in [1.29, 1.82) is 0 Å². The lowest BCUT2D eigenvalue weighted by Gasteiger charge is -2.04. The monoisotopic (exact) mass is 186 g/mol. The fraction of sp³-hybridized carbons (Fsp3) is 0.250. The number of thiol groups is 1. The second kappa shape index (κ2) is 3.69. The molecular formula is C8H10O3S. The molecule has 0 aliphatic carbocycles. The predicted molar refractivity (Wildman–Crippen MR) is 48.5 cm³/mol. The van der Waals surface area contributed by atoms with Crippen molar-refractivity contribution in [2.24, 2.45) is 0 Å². The second-order valence-corrected chi connectivity index (χ2v) is 3.10. The maximum absolute atomic E-state index is 9.06. The average Bonchev–Trinajstić information content (AvgIpc) is 1.96. The Morgan fingerprint density at radius 1 is 1.25 bits per heavy atom. The van der Waals surface area contributed by atoms with Crippen molar-refractivity contribution < 1.29 is 15.3 Å². The topological polar surface area (TPSA) is 60.7 Å². The molecule has 0 radical (unpaired) electrons. The lowest BCUT2D eigenvalue weighted by molar-refractivity contribution is 0.266. The molecule has 1 aromatic carbocycles. The standard InChI is InChI=1S/C8H10O3S/c9-6-2-1-5(3-7(6)10)4-8(11)12/h1-3,8-12H,4H2/t8-/m0/s1. The number of rotatable bonds is 2. The van der Waals surface area contributed by atoms with Crippen molar-refractivity contribution in [3.8, 4) is 11.5 Å². The van der Waals surface area contributed by atoms with Gasteiger partial charge in [-0.3, -0.25) is 0 Å². The Balaban J connectivity index is 2.82. The highest BCUT2D eigenvalue weighted by molar-refractivity contribution is 7.80. The summed E-state index contributed by atoms with van der Waals surface area (Å²) in [6.07, 6.45) is 0.344. The zero-order valence-corrected chi connectivity index (χ0v) is 7.20. The van der Waals surface area contributed by atoms with Crippen LogP contribution in [0, 0.1) is 0 Å². The number of phenols is 2. The number of aliphatic hydroxyl groups is 1. The van der Waals surface area contributed by atoms with E-state index >= 15 is 0 Å². The Labute approximate surface area is 75.7 Å². The van der Waals surface area contributed by atoms with Crippen LogP contribution < -0.4 is 0 Å². The smallest absolute Gasteiger partial charge is 0.157 e. The van der Waals surface area contributed by atoms with Gasteiger partial charge in [0, 0.05) is 6.42 Å². The van der Waals surface area contributed by atoms with Gasteiger partial charge in [-0.15, -0.1) is 12.6 Å². The third-order valence-electron chi connectivity index (χ3n) is 1.46. The number of aliphatic hydroxyl groups excluding tert-OH is 1. The number of hydrogen-bond acceptors (Lipinski definition) is 4. The van der Waals surface area contributed by atoms with Crippen LogP contribution in [0.4, 0.5) is 0 Å². The van der Waals surface area contributed by atoms with Gasteiger partial charge in [0.1, 0.15) is 5.44 Å². The third kappa shape index (κ3) is 2.32. The molecule has 1 aromatic rings. The van der Waals surface area contributed by atoms with Crippen LogP contribution in [0.5, 0.6) is 11.5 Å². The van der Waals surface area contributed by atoms with E-state index < -0.39 is 5.44 Å². The first-order valence-corrected chi connectivity index (χ1v) is 3.98. The Bertz CT molecular complexity index is 273. The van der Waals surface area contributed by atoms with Crippen LogP contribution in [0.3, 0.4) is 0 Å². The highest BCUT2D eigenvalue weighted by atomic mass is 32.1. The number of benzene rings is 1. The summed E-state index contributed by atoms with van der Waals surface area (Å²) in [6.45, 7) is 0. The SMILES string of the molecule is Oc1ccc(C[C@@H](O)S)cc1O. The molecule has 3 nitrogen and oxygen atoms in total. The van der Waals surface area contributed by atoms with Gasteiger partial charge in [0.25, 0.3) is 0 Å². The van der Waals surface area contributed by atoms with Crippen molar-refractivity contribution in [2.75, 3.05) is 0 Å². The molecule has 66 valence electrons. The lowest BCUT2D eigenvalue weighted by Crippen LogP contribution is -2.00. The minimum Gasteiger partial charge on any atom is -0.504 e. The highest BCUT2D eigenvalue weighted by Gasteiger charge is 2.03. The molecule has 0 unspecified atom stereocenters. The van der Waals surface area contributed by atoms with E-state index in [1.165, 1.54) is 12.1 Å². The van der Waals surface area contributed by atoms with Gasteiger partial charge in [0.15, 0.2) is 11.5 Å². The summed E-state index contributed by atoms with van der Waals surface area (Å²) in [5.41, 5.74) is -0.0123. The van der Waals surface area contributed by atoms with Gasteiger partial charge in [-0.25, -0.2) is 0 Å². The summed E-state index contributed by atoms with van der Waals surface area (Å²) in [5, 5.41) is 26.9. The van der Waals surface area contributed by atoms with E-state index in [9.17, 15) is 0 Å². The van der Waals surface area contributed by atoms with Crippen LogP contribution in [-0.2, 0) is 6.42 Å². The fourth-order valence-electron chi connectivity index (χ4n) is 0.907. The number of phenolic OH excluding ortho intramolecular Hbond substituents is 2. The van der Waals surface area contributed by atoms with Gasteiger partial charge < -0.3 is 15.3 Å². The van der Waals surface area contributed by atoms with Gasteiger partial charge in [-0.2, -0.15) is 0 Å². The van der Waals surface area contributed by atoms with E-state index in [-0.39, 0.29) is 11.5 Å². The first-order chi connectivity index (χ1) is 5.59. The molecule has 0 saturated carbocycles. The molecule has 4 heteroatoms. The number of aromatic hydroxyl groups is 2. The van der Waals surface area contributed by atoms with E-state index in [1.54, 1.807) is 6.07 Å². The summed E-state index contributed by atoms with van der Waals surface area (Å²) < 4.78 is 0. The molecule has 0 aliphatic heterocycles. The minimum atomic E-state index is -0.742. The Kier molecular flexibility index (Phi) is 2.83. The van der Waals surface area contributed by atoms with E-state index in [1.807, 2.05) is 0 Å². The molecule has 0 heterocycles. The van der Waals surface area contributed by atoms with E-state index in [0.29, 0.717) is 6.42 Å². The molecular weight excluding hydrogens is 176 g/mol. The molecule has 1 rings (SSSR count). The van der Waals surface area contributed by atoms with Gasteiger partial charge in [0.05, 0.1) is 0 Å². The van der Waals surface area contributed by atoms with Crippen molar-refractivity contribution in [3.63, 3.8) is 0 Å². The molecule has 0 bridgehead atoms. The van der Waals surface area contributed by atoms with Gasteiger partial charge in [-0.1, -0.05) is 6.07 Å². The van der Waals surface area contributed by atoms with Gasteiger partial charge in [0.2, 0.25) is 0 Å². The summed E-state index contributed by atoms with van der Waals surface area (Å²) in [4.78, 5) is 0. The van der Waals surface area contributed by atoms with Gasteiger partial charge in [-0.05, 0) is 17.7 Å². The second-order valence-electron chi connectivity index (χ2n) is 2.51. The van der Waals surface area contributed by atoms with Crippen molar-refractivity contribution in [3.05, 3.63) is 23.8 Å². The first kappa shape index (κ1) is 9.22. The fourth-order valence-corrected chi connectivity index (χ4v) is 1.12. The predicted octanol–water partition coefficient (Wildman–Crippen LogP) is 0.888. The third-order valence-corrected chi connectivity index (χ3v) is 1.64. The summed E-state index contributed by atoms with van der Waals surface area (Å²) in [6, 6.07) is 4.39. The molecule has 0 saturated heterocycles. The van der Waals surface area contributed by atoms with E-state index in [0.717, 1.165) is 5.56 Å². The zero-order chi connectivity index (χ0) is 9.14. The molecule has 3 N–H and O–H groups in total. The van der Waals surface area contributed by atoms with Crippen LogP contribution in [0.1, 0.15) is 5.56 Å². The lowest BCUT2D eigenvalue weighted by atomic mass is 10.1. The maximum atomic E-state index is 9.06. The maximum Gasteiger partial charge on any atom is 0.157 e. The van der Waals surface area contributed by atoms with Crippen molar-refractivity contribution >= 4 is 12.6 Å². The first-order valence-electron chi connectivity index (χ1n) is 3.46. The van der Waals surface area contributed by atoms with Crippen LogP contribution in [0.2, 0.25) is 0 Å². The van der Waals surface area contributed by atoms with Gasteiger partial charge >= 0.3 is 0 Å². The summed E-state index contributed by atoms with van der Waals surface area (Å²) in [7, 11) is 0. The normalized spacial score (nSPS) is 12.8. The molecule has 0 aliphatic rings. The van der Waals surface area contributed by atoms with E-state index in [4.69, 9.17) is 15.3 Å². The van der Waals surface area contributed by atoms with Crippen molar-refractivity contribution in [2.45, 2.75) is 11.9 Å². The van der Waals surface area contributed by atoms with E-state index in [2.05, 4.69) is 12.6 Å². The zero-order valence-electron chi connectivity index (χ0n) is 6.31. The average molecular weight is 186 g/mol. The van der Waals surface area contributed by atoms with Crippen LogP contribution >= 0.6 is 12.6 Å². The molecule has 12 heavy (non-hydrogen) atoms. The highest BCUT2D eigenvalue weighted by Crippen LogP contribution is 2.25. The molecule has 0 aromatic heterocycles. The summed E-state index contributed by atoms with van der Waals surface area (Å²) in [5.74, 6) is -0.339. The molecule has 0 spiro atoms. The Morgan fingerprint density at radius 3 is 2.42 bits per heavy atom. The van der Waals surface area contributed by atoms with Crippen LogP contribution in [0.15, 0.2) is 18.2 Å². The Hall–Kier alpha value is -0.870. The summed E-state index contributed by atoms with van der Waals surface area (Å²) >= 11 is 3.78. The van der Waals surface area contributed by atoms with Crippen molar-refractivity contribution in [1.82, 2.24) is 0 Å². The number of hydrogen-bond donors (Lipinski definition) is 4. The largest absolute Gasteiger partial charge is 0.504 e. The minimum absolute atomic E-state index is 0.160. The molecule has 1 atom stereocenters. The molecule has 0 amide bonds. The quantitative estimate of drug-likeness (QED) is 0.315. The Morgan fingerprint density at radius 2 is 1.92 bits per heavy atom.